The second kappa shape index (κ2) is 9.64. The molecule has 1 aliphatic rings. The third-order valence-electron chi connectivity index (χ3n) is 2.90. The normalized spacial score (nSPS) is 21.8. The second-order valence-electron chi connectivity index (χ2n) is 4.81. The van der Waals surface area contributed by atoms with E-state index >= 15 is 0 Å². The predicted octanol–water partition coefficient (Wildman–Crippen LogP) is 2.15. The smallest absolute Gasteiger partial charge is 0.156 e. The van der Waals surface area contributed by atoms with Gasteiger partial charge in [0.25, 0.3) is 0 Å². The largest absolute Gasteiger partial charge is 0.382 e. The number of ether oxygens (including phenoxy) is 2. The Balaban J connectivity index is 1.97. The van der Waals surface area contributed by atoms with Crippen LogP contribution in [-0.4, -0.2) is 50.4 Å². The minimum absolute atomic E-state index is 0.589. The highest BCUT2D eigenvalue weighted by Crippen LogP contribution is 2.18. The van der Waals surface area contributed by atoms with Crippen molar-refractivity contribution in [1.29, 1.82) is 0 Å². The zero-order chi connectivity index (χ0) is 13.2. The lowest BCUT2D eigenvalue weighted by molar-refractivity contribution is 0.0690. The molecule has 1 fully saturated rings. The predicted molar refractivity (Wildman–Crippen MR) is 78.5 cm³/mol. The van der Waals surface area contributed by atoms with E-state index in [9.17, 15) is 0 Å². The number of nitrogens with one attached hydrogen (secondary N) is 1. The van der Waals surface area contributed by atoms with Gasteiger partial charge in [-0.2, -0.15) is 0 Å². The van der Waals surface area contributed by atoms with Crippen LogP contribution in [0.15, 0.2) is 4.99 Å². The lowest BCUT2D eigenvalue weighted by Gasteiger charge is -2.13. The quantitative estimate of drug-likeness (QED) is 0.654. The van der Waals surface area contributed by atoms with Crippen molar-refractivity contribution in [3.8, 4) is 0 Å². The first kappa shape index (κ1) is 15.8. The summed E-state index contributed by atoms with van der Waals surface area (Å²) in [6, 6.07) is 0.589. The third kappa shape index (κ3) is 6.61. The van der Waals surface area contributed by atoms with Crippen molar-refractivity contribution in [3.05, 3.63) is 0 Å². The molecule has 0 aromatic carbocycles. The summed E-state index contributed by atoms with van der Waals surface area (Å²) in [5, 5.41) is 4.59. The van der Waals surface area contributed by atoms with Crippen molar-refractivity contribution in [3.63, 3.8) is 0 Å². The van der Waals surface area contributed by atoms with Crippen LogP contribution in [-0.2, 0) is 9.47 Å². The molecule has 1 heterocycles. The maximum Gasteiger partial charge on any atom is 0.156 e. The standard InChI is InChI=1S/C13H26N2O2S/c1-11(2)12-10-18-13(15-12)14-6-4-5-7-17-9-8-16-3/h11-12H,4-10H2,1-3H3,(H,14,15)/t12-/m1/s1. The zero-order valence-electron chi connectivity index (χ0n) is 11.8. The van der Waals surface area contributed by atoms with Crippen molar-refractivity contribution >= 4 is 16.9 Å². The summed E-state index contributed by atoms with van der Waals surface area (Å²) in [4.78, 5) is 4.58. The van der Waals surface area contributed by atoms with E-state index in [1.165, 1.54) is 0 Å². The van der Waals surface area contributed by atoms with E-state index in [0.29, 0.717) is 25.2 Å². The number of nitrogens with zero attached hydrogens (tertiary/aromatic N) is 1. The molecule has 4 nitrogen and oxygen atoms in total. The van der Waals surface area contributed by atoms with Gasteiger partial charge < -0.3 is 14.8 Å². The van der Waals surface area contributed by atoms with Crippen LogP contribution < -0.4 is 5.32 Å². The zero-order valence-corrected chi connectivity index (χ0v) is 12.6. The highest BCUT2D eigenvalue weighted by molar-refractivity contribution is 8.14. The number of hydrogen-bond donors (Lipinski definition) is 1. The van der Waals surface area contributed by atoms with Gasteiger partial charge in [0, 0.05) is 32.1 Å². The molecule has 0 saturated carbocycles. The Labute approximate surface area is 115 Å². The number of methoxy groups -OCH3 is 1. The van der Waals surface area contributed by atoms with E-state index in [4.69, 9.17) is 9.47 Å². The van der Waals surface area contributed by atoms with Crippen molar-refractivity contribution in [2.24, 2.45) is 10.9 Å². The van der Waals surface area contributed by atoms with Crippen molar-refractivity contribution in [2.45, 2.75) is 32.7 Å². The highest BCUT2D eigenvalue weighted by atomic mass is 32.2. The summed E-state index contributed by atoms with van der Waals surface area (Å²) in [5.41, 5.74) is 0. The molecular weight excluding hydrogens is 248 g/mol. The van der Waals surface area contributed by atoms with Gasteiger partial charge in [0.1, 0.15) is 0 Å². The summed E-state index contributed by atoms with van der Waals surface area (Å²) in [6.07, 6.45) is 2.16. The Bertz CT molecular complexity index is 247. The number of hydrogen-bond acceptors (Lipinski definition) is 4. The molecule has 0 amide bonds. The van der Waals surface area contributed by atoms with Crippen molar-refractivity contribution in [1.82, 2.24) is 5.32 Å². The molecule has 5 heteroatoms. The van der Waals surface area contributed by atoms with E-state index in [1.807, 2.05) is 11.8 Å². The third-order valence-corrected chi connectivity index (χ3v) is 3.94. The summed E-state index contributed by atoms with van der Waals surface area (Å²) in [6.45, 7) is 7.58. The molecule has 18 heavy (non-hydrogen) atoms. The minimum atomic E-state index is 0.589. The van der Waals surface area contributed by atoms with Crippen molar-refractivity contribution < 1.29 is 9.47 Å². The molecule has 1 rings (SSSR count). The van der Waals surface area contributed by atoms with Gasteiger partial charge in [0.15, 0.2) is 5.17 Å². The average molecular weight is 274 g/mol. The van der Waals surface area contributed by atoms with Gasteiger partial charge >= 0.3 is 0 Å². The first-order valence-corrected chi connectivity index (χ1v) is 7.73. The highest BCUT2D eigenvalue weighted by Gasteiger charge is 2.22. The molecule has 1 N–H and O–H groups in total. The number of thioether (sulfide) groups is 1. The van der Waals surface area contributed by atoms with Crippen molar-refractivity contribution in [2.75, 3.05) is 39.2 Å². The first-order chi connectivity index (χ1) is 8.74. The van der Waals surface area contributed by atoms with Crippen LogP contribution in [0.1, 0.15) is 26.7 Å². The van der Waals surface area contributed by atoms with Gasteiger partial charge in [-0.25, -0.2) is 0 Å². The van der Waals surface area contributed by atoms with Gasteiger partial charge in [0.05, 0.1) is 13.2 Å². The summed E-state index contributed by atoms with van der Waals surface area (Å²) in [7, 11) is 1.69. The Morgan fingerprint density at radius 1 is 1.33 bits per heavy atom. The van der Waals surface area contributed by atoms with Gasteiger partial charge in [-0.1, -0.05) is 25.6 Å². The van der Waals surface area contributed by atoms with Crippen LogP contribution in [0.25, 0.3) is 0 Å². The molecule has 1 atom stereocenters. The van der Waals surface area contributed by atoms with E-state index in [-0.39, 0.29) is 0 Å². The monoisotopic (exact) mass is 274 g/mol. The van der Waals surface area contributed by atoms with Crippen LogP contribution in [0.3, 0.4) is 0 Å². The number of aliphatic imine (C=N–C) groups is 1. The van der Waals surface area contributed by atoms with E-state index < -0.39 is 0 Å². The van der Waals surface area contributed by atoms with Gasteiger partial charge in [-0.3, -0.25) is 4.99 Å². The summed E-state index contributed by atoms with van der Waals surface area (Å²) in [5.74, 6) is 1.83. The Kier molecular flexibility index (Phi) is 8.46. The maximum absolute atomic E-state index is 5.40. The van der Waals surface area contributed by atoms with Crippen LogP contribution >= 0.6 is 11.8 Å². The van der Waals surface area contributed by atoms with Crippen LogP contribution in [0.2, 0.25) is 0 Å². The van der Waals surface area contributed by atoms with E-state index in [0.717, 1.165) is 36.9 Å². The fraction of sp³-hybridized carbons (Fsp3) is 0.923. The lowest BCUT2D eigenvalue weighted by atomic mass is 10.1. The van der Waals surface area contributed by atoms with Gasteiger partial charge in [-0.05, 0) is 18.8 Å². The van der Waals surface area contributed by atoms with Crippen LogP contribution in [0.5, 0.6) is 0 Å². The SMILES string of the molecule is COCCOCCCCN=C1N[C@@H](C(C)C)CS1. The molecule has 1 aliphatic heterocycles. The summed E-state index contributed by atoms with van der Waals surface area (Å²) < 4.78 is 10.3. The van der Waals surface area contributed by atoms with Crippen LogP contribution in [0, 0.1) is 5.92 Å². The Morgan fingerprint density at radius 2 is 2.17 bits per heavy atom. The number of amidine groups is 1. The van der Waals surface area contributed by atoms with Gasteiger partial charge in [0.2, 0.25) is 0 Å². The molecule has 0 aromatic rings. The molecule has 106 valence electrons. The minimum Gasteiger partial charge on any atom is -0.382 e. The molecule has 1 saturated heterocycles. The maximum atomic E-state index is 5.40. The molecule has 0 aromatic heterocycles. The molecular formula is C13H26N2O2S. The van der Waals surface area contributed by atoms with Gasteiger partial charge in [-0.15, -0.1) is 0 Å². The number of unbranched alkanes of at least 4 members (excludes halogenated alkanes) is 1. The lowest BCUT2D eigenvalue weighted by Crippen LogP contribution is -2.31. The molecule has 0 spiro atoms. The fourth-order valence-corrected chi connectivity index (χ4v) is 2.82. The molecule has 0 bridgehead atoms. The molecule has 0 unspecified atom stereocenters. The molecule has 0 aliphatic carbocycles. The average Bonchev–Trinajstić information content (AvgIpc) is 2.81. The second-order valence-corrected chi connectivity index (χ2v) is 5.81. The molecule has 0 radical (unpaired) electrons. The number of rotatable bonds is 9. The van der Waals surface area contributed by atoms with E-state index in [2.05, 4.69) is 24.2 Å². The Hall–Kier alpha value is -0.260. The van der Waals surface area contributed by atoms with Crippen LogP contribution in [0.4, 0.5) is 0 Å². The summed E-state index contributed by atoms with van der Waals surface area (Å²) >= 11 is 1.84. The topological polar surface area (TPSA) is 42.9 Å². The fourth-order valence-electron chi connectivity index (χ4n) is 1.60. The Morgan fingerprint density at radius 3 is 2.83 bits per heavy atom. The first-order valence-electron chi connectivity index (χ1n) is 6.74. The van der Waals surface area contributed by atoms with E-state index in [1.54, 1.807) is 7.11 Å².